The van der Waals surface area contributed by atoms with Crippen LogP contribution in [0.2, 0.25) is 0 Å². The summed E-state index contributed by atoms with van der Waals surface area (Å²) in [5.41, 5.74) is 0.888. The van der Waals surface area contributed by atoms with E-state index in [1.807, 2.05) is 20.0 Å². The third-order valence-corrected chi connectivity index (χ3v) is 3.83. The summed E-state index contributed by atoms with van der Waals surface area (Å²) in [6.07, 6.45) is 4.13. The zero-order valence-corrected chi connectivity index (χ0v) is 12.3. The highest BCUT2D eigenvalue weighted by Crippen LogP contribution is 2.19. The minimum absolute atomic E-state index is 0.0159. The normalized spacial score (nSPS) is 20.1. The van der Waals surface area contributed by atoms with Gasteiger partial charge in [0.1, 0.15) is 5.82 Å². The second-order valence-corrected chi connectivity index (χ2v) is 5.48. The largest absolute Gasteiger partial charge is 0.396 e. The Kier molecular flexibility index (Phi) is 5.14. The van der Waals surface area contributed by atoms with Crippen molar-refractivity contribution in [2.45, 2.75) is 38.6 Å². The van der Waals surface area contributed by atoms with E-state index < -0.39 is 0 Å². The van der Waals surface area contributed by atoms with Gasteiger partial charge in [-0.3, -0.25) is 14.4 Å². The predicted molar refractivity (Wildman–Crippen MR) is 77.5 cm³/mol. The Balaban J connectivity index is 1.91. The molecule has 1 fully saturated rings. The smallest absolute Gasteiger partial charge is 0.239 e. The molecule has 1 aliphatic rings. The Morgan fingerprint density at radius 2 is 2.35 bits per heavy atom. The van der Waals surface area contributed by atoms with Gasteiger partial charge in [-0.05, 0) is 32.7 Å². The number of aryl methyl sites for hydroxylation is 2. The molecule has 0 aromatic carbocycles. The van der Waals surface area contributed by atoms with Crippen LogP contribution in [0.15, 0.2) is 6.07 Å². The van der Waals surface area contributed by atoms with Gasteiger partial charge in [-0.25, -0.2) is 0 Å². The fraction of sp³-hybridized carbons (Fsp3) is 0.714. The maximum Gasteiger partial charge on any atom is 0.239 e. The Hall–Kier alpha value is -1.40. The van der Waals surface area contributed by atoms with E-state index in [0.29, 0.717) is 12.6 Å². The Morgan fingerprint density at radius 3 is 3.00 bits per heavy atom. The molecule has 0 aliphatic carbocycles. The second-order valence-electron chi connectivity index (χ2n) is 5.48. The van der Waals surface area contributed by atoms with Crippen molar-refractivity contribution in [1.29, 1.82) is 0 Å². The zero-order valence-electron chi connectivity index (χ0n) is 12.3. The Labute approximate surface area is 119 Å². The van der Waals surface area contributed by atoms with Crippen molar-refractivity contribution >= 4 is 11.7 Å². The van der Waals surface area contributed by atoms with Crippen molar-refractivity contribution < 1.29 is 9.90 Å². The van der Waals surface area contributed by atoms with Crippen molar-refractivity contribution in [2.24, 2.45) is 7.05 Å². The third kappa shape index (κ3) is 3.80. The van der Waals surface area contributed by atoms with Crippen molar-refractivity contribution in [3.8, 4) is 0 Å². The lowest BCUT2D eigenvalue weighted by molar-refractivity contribution is -0.118. The van der Waals surface area contributed by atoms with Crippen molar-refractivity contribution in [3.05, 3.63) is 11.8 Å². The first kappa shape index (κ1) is 15.0. The minimum atomic E-state index is -0.0159. The molecule has 2 rings (SSSR count). The predicted octanol–water partition coefficient (Wildman–Crippen LogP) is 0.904. The molecule has 1 aliphatic heterocycles. The van der Waals surface area contributed by atoms with Gasteiger partial charge >= 0.3 is 0 Å². The first-order chi connectivity index (χ1) is 9.60. The molecule has 20 heavy (non-hydrogen) atoms. The molecule has 1 saturated heterocycles. The van der Waals surface area contributed by atoms with Gasteiger partial charge in [0, 0.05) is 25.8 Å². The molecule has 6 nitrogen and oxygen atoms in total. The first-order valence-corrected chi connectivity index (χ1v) is 7.25. The van der Waals surface area contributed by atoms with Crippen LogP contribution in [0.1, 0.15) is 31.4 Å². The van der Waals surface area contributed by atoms with Gasteiger partial charge in [-0.1, -0.05) is 6.42 Å². The Bertz CT molecular complexity index is 456. The standard InChI is InChI=1S/C14H24N4O2/c1-11-9-13(17(2)16-11)15-14(20)10-18-7-4-3-5-12(18)6-8-19/h9,12,19H,3-8,10H2,1-2H3,(H,15,20). The fourth-order valence-corrected chi connectivity index (χ4v) is 2.84. The van der Waals surface area contributed by atoms with Crippen LogP contribution >= 0.6 is 0 Å². The number of nitrogens with one attached hydrogen (secondary N) is 1. The summed E-state index contributed by atoms with van der Waals surface area (Å²) in [5.74, 6) is 0.709. The number of piperidine rings is 1. The van der Waals surface area contributed by atoms with Crippen molar-refractivity contribution in [1.82, 2.24) is 14.7 Å². The van der Waals surface area contributed by atoms with Crippen LogP contribution in [0.25, 0.3) is 0 Å². The monoisotopic (exact) mass is 280 g/mol. The van der Waals surface area contributed by atoms with E-state index in [1.54, 1.807) is 4.68 Å². The van der Waals surface area contributed by atoms with Crippen LogP contribution in [-0.2, 0) is 11.8 Å². The zero-order chi connectivity index (χ0) is 14.5. The molecule has 112 valence electrons. The number of nitrogens with zero attached hydrogens (tertiary/aromatic N) is 3. The van der Waals surface area contributed by atoms with E-state index in [4.69, 9.17) is 5.11 Å². The number of hydrogen-bond acceptors (Lipinski definition) is 4. The molecule has 2 heterocycles. The molecule has 1 unspecified atom stereocenters. The van der Waals surface area contributed by atoms with Crippen LogP contribution in [0.3, 0.4) is 0 Å². The summed E-state index contributed by atoms with van der Waals surface area (Å²) >= 11 is 0. The topological polar surface area (TPSA) is 70.4 Å². The molecule has 1 aromatic rings. The third-order valence-electron chi connectivity index (χ3n) is 3.83. The molecule has 1 amide bonds. The number of anilines is 1. The lowest BCUT2D eigenvalue weighted by Gasteiger charge is -2.34. The summed E-state index contributed by atoms with van der Waals surface area (Å²) in [6, 6.07) is 2.19. The minimum Gasteiger partial charge on any atom is -0.396 e. The Morgan fingerprint density at radius 1 is 1.55 bits per heavy atom. The van der Waals surface area contributed by atoms with E-state index in [-0.39, 0.29) is 12.5 Å². The number of rotatable bonds is 5. The fourth-order valence-electron chi connectivity index (χ4n) is 2.84. The number of carbonyl (C=O) groups is 1. The maximum atomic E-state index is 12.1. The van der Waals surface area contributed by atoms with E-state index >= 15 is 0 Å². The molecule has 0 radical (unpaired) electrons. The summed E-state index contributed by atoms with van der Waals surface area (Å²) < 4.78 is 1.68. The van der Waals surface area contributed by atoms with Gasteiger partial charge < -0.3 is 10.4 Å². The van der Waals surface area contributed by atoms with E-state index in [9.17, 15) is 4.79 Å². The van der Waals surface area contributed by atoms with Gasteiger partial charge in [-0.15, -0.1) is 0 Å². The van der Waals surface area contributed by atoms with E-state index in [2.05, 4.69) is 15.3 Å². The van der Waals surface area contributed by atoms with E-state index in [0.717, 1.165) is 37.3 Å². The highest BCUT2D eigenvalue weighted by molar-refractivity contribution is 5.91. The van der Waals surface area contributed by atoms with Gasteiger partial charge in [0.25, 0.3) is 0 Å². The summed E-state index contributed by atoms with van der Waals surface area (Å²) in [7, 11) is 1.82. The van der Waals surface area contributed by atoms with E-state index in [1.165, 1.54) is 6.42 Å². The average Bonchev–Trinajstić information content (AvgIpc) is 2.70. The number of likely N-dealkylation sites (tertiary alicyclic amines) is 1. The van der Waals surface area contributed by atoms with Gasteiger partial charge in [0.2, 0.25) is 5.91 Å². The van der Waals surface area contributed by atoms with Crippen molar-refractivity contribution in [3.63, 3.8) is 0 Å². The van der Waals surface area contributed by atoms with Crippen molar-refractivity contribution in [2.75, 3.05) is 25.0 Å². The summed E-state index contributed by atoms with van der Waals surface area (Å²) in [5, 5.41) is 16.2. The maximum absolute atomic E-state index is 12.1. The molecule has 6 heteroatoms. The van der Waals surface area contributed by atoms with Crippen LogP contribution in [0.4, 0.5) is 5.82 Å². The number of aliphatic hydroxyl groups is 1. The number of carbonyl (C=O) groups excluding carboxylic acids is 1. The quantitative estimate of drug-likeness (QED) is 0.841. The summed E-state index contributed by atoms with van der Waals surface area (Å²) in [6.45, 7) is 3.40. The average molecular weight is 280 g/mol. The van der Waals surface area contributed by atoms with Crippen LogP contribution < -0.4 is 5.32 Å². The van der Waals surface area contributed by atoms with Gasteiger partial charge in [0.15, 0.2) is 0 Å². The molecular formula is C14H24N4O2. The SMILES string of the molecule is Cc1cc(NC(=O)CN2CCCCC2CCO)n(C)n1. The molecule has 1 atom stereocenters. The molecule has 1 aromatic heterocycles. The van der Waals surface area contributed by atoms with Crippen LogP contribution in [0, 0.1) is 6.92 Å². The first-order valence-electron chi connectivity index (χ1n) is 7.25. The number of aromatic nitrogens is 2. The molecule has 0 bridgehead atoms. The van der Waals surface area contributed by atoms with Crippen LogP contribution in [0.5, 0.6) is 0 Å². The molecule has 0 spiro atoms. The van der Waals surface area contributed by atoms with Gasteiger partial charge in [0.05, 0.1) is 12.2 Å². The second kappa shape index (κ2) is 6.85. The highest BCUT2D eigenvalue weighted by atomic mass is 16.3. The lowest BCUT2D eigenvalue weighted by Crippen LogP contribution is -2.44. The number of aliphatic hydroxyl groups excluding tert-OH is 1. The molecule has 2 N–H and O–H groups in total. The highest BCUT2D eigenvalue weighted by Gasteiger charge is 2.23. The van der Waals surface area contributed by atoms with Crippen LogP contribution in [-0.4, -0.2) is 51.4 Å². The lowest BCUT2D eigenvalue weighted by atomic mass is 10.00. The number of hydrogen-bond donors (Lipinski definition) is 2. The summed E-state index contributed by atoms with van der Waals surface area (Å²) in [4.78, 5) is 14.3. The molecular weight excluding hydrogens is 256 g/mol. The number of amides is 1. The van der Waals surface area contributed by atoms with Gasteiger partial charge in [-0.2, -0.15) is 5.10 Å². The molecule has 0 saturated carbocycles.